The molecule has 0 saturated heterocycles. The minimum absolute atomic E-state index is 0.283. The summed E-state index contributed by atoms with van der Waals surface area (Å²) in [5.41, 5.74) is 1.29. The molecule has 2 nitrogen and oxygen atoms in total. The number of aliphatic hydroxyl groups excluding tert-OH is 1. The third kappa shape index (κ3) is 5.19. The van der Waals surface area contributed by atoms with Crippen LogP contribution in [0, 0.1) is 5.92 Å². The second kappa shape index (κ2) is 7.85. The van der Waals surface area contributed by atoms with E-state index < -0.39 is 0 Å². The molecule has 0 bridgehead atoms. The molecular formula is C14H22BrNO. The van der Waals surface area contributed by atoms with Crippen LogP contribution in [-0.2, 0) is 0 Å². The van der Waals surface area contributed by atoms with Crippen molar-refractivity contribution >= 4 is 15.9 Å². The summed E-state index contributed by atoms with van der Waals surface area (Å²) in [4.78, 5) is 0. The Kier molecular flexibility index (Phi) is 6.78. The van der Waals surface area contributed by atoms with Gasteiger partial charge >= 0.3 is 0 Å². The molecule has 17 heavy (non-hydrogen) atoms. The summed E-state index contributed by atoms with van der Waals surface area (Å²) < 4.78 is 1.12. The second-order valence-electron chi connectivity index (χ2n) is 4.47. The van der Waals surface area contributed by atoms with Gasteiger partial charge in [-0.05, 0) is 43.5 Å². The Hall–Kier alpha value is -0.380. The zero-order valence-corrected chi connectivity index (χ0v) is 12.2. The van der Waals surface area contributed by atoms with Crippen LogP contribution >= 0.6 is 15.9 Å². The maximum atomic E-state index is 8.95. The number of nitrogens with one attached hydrogen (secondary N) is 1. The Bertz CT molecular complexity index is 330. The normalized spacial score (nSPS) is 14.6. The van der Waals surface area contributed by atoms with E-state index in [1.165, 1.54) is 5.56 Å². The van der Waals surface area contributed by atoms with Crippen LogP contribution in [0.3, 0.4) is 0 Å². The molecule has 0 amide bonds. The van der Waals surface area contributed by atoms with Gasteiger partial charge in [-0.2, -0.15) is 0 Å². The summed E-state index contributed by atoms with van der Waals surface area (Å²) in [6.07, 6.45) is 1.99. The van der Waals surface area contributed by atoms with Crippen LogP contribution in [0.25, 0.3) is 0 Å². The molecule has 0 saturated carbocycles. The molecule has 0 heterocycles. The molecule has 0 aromatic heterocycles. The summed E-state index contributed by atoms with van der Waals surface area (Å²) in [7, 11) is 0. The largest absolute Gasteiger partial charge is 0.396 e. The molecule has 1 rings (SSSR count). The Balaban J connectivity index is 2.46. The number of benzene rings is 1. The number of hydrogen-bond acceptors (Lipinski definition) is 2. The predicted molar refractivity (Wildman–Crippen MR) is 76.0 cm³/mol. The summed E-state index contributed by atoms with van der Waals surface area (Å²) >= 11 is 3.49. The predicted octanol–water partition coefficient (Wildman–Crippen LogP) is 3.51. The van der Waals surface area contributed by atoms with E-state index in [2.05, 4.69) is 53.3 Å². The van der Waals surface area contributed by atoms with Crippen molar-refractivity contribution in [2.24, 2.45) is 5.92 Å². The van der Waals surface area contributed by atoms with Crippen LogP contribution < -0.4 is 5.32 Å². The van der Waals surface area contributed by atoms with Gasteiger partial charge in [0.25, 0.3) is 0 Å². The summed E-state index contributed by atoms with van der Waals surface area (Å²) in [5.74, 6) is 0.564. The molecule has 2 atom stereocenters. The molecule has 0 spiro atoms. The highest BCUT2D eigenvalue weighted by Gasteiger charge is 2.09. The van der Waals surface area contributed by atoms with E-state index in [-0.39, 0.29) is 6.61 Å². The standard InChI is InChI=1S/C14H22BrNO/c1-3-12(7-8-17)10-16-11(2)13-5-4-6-14(15)9-13/h4-6,9,11-12,16-17H,3,7-8,10H2,1-2H3. The van der Waals surface area contributed by atoms with Gasteiger partial charge in [-0.1, -0.05) is 41.4 Å². The molecule has 2 unspecified atom stereocenters. The fourth-order valence-corrected chi connectivity index (χ4v) is 2.29. The van der Waals surface area contributed by atoms with Gasteiger partial charge < -0.3 is 10.4 Å². The average molecular weight is 300 g/mol. The van der Waals surface area contributed by atoms with E-state index in [9.17, 15) is 0 Å². The first-order valence-electron chi connectivity index (χ1n) is 6.27. The highest BCUT2D eigenvalue weighted by atomic mass is 79.9. The Morgan fingerprint density at radius 1 is 1.41 bits per heavy atom. The number of aliphatic hydroxyl groups is 1. The van der Waals surface area contributed by atoms with Crippen molar-refractivity contribution in [1.29, 1.82) is 0 Å². The molecule has 0 aliphatic rings. The van der Waals surface area contributed by atoms with Crippen molar-refractivity contribution in [3.8, 4) is 0 Å². The molecule has 0 aliphatic carbocycles. The van der Waals surface area contributed by atoms with Gasteiger partial charge in [0, 0.05) is 17.1 Å². The SMILES string of the molecule is CCC(CCO)CNC(C)c1cccc(Br)c1. The van der Waals surface area contributed by atoms with Crippen molar-refractivity contribution < 1.29 is 5.11 Å². The topological polar surface area (TPSA) is 32.3 Å². The lowest BCUT2D eigenvalue weighted by atomic mass is 10.0. The van der Waals surface area contributed by atoms with Crippen molar-refractivity contribution in [2.45, 2.75) is 32.7 Å². The molecular weight excluding hydrogens is 278 g/mol. The fourth-order valence-electron chi connectivity index (χ4n) is 1.87. The number of hydrogen-bond donors (Lipinski definition) is 2. The maximum Gasteiger partial charge on any atom is 0.0434 e. The van der Waals surface area contributed by atoms with Crippen LogP contribution in [0.2, 0.25) is 0 Å². The van der Waals surface area contributed by atoms with Crippen LogP contribution in [0.4, 0.5) is 0 Å². The van der Waals surface area contributed by atoms with Crippen LogP contribution in [-0.4, -0.2) is 18.3 Å². The first-order valence-corrected chi connectivity index (χ1v) is 7.06. The molecule has 1 aromatic rings. The van der Waals surface area contributed by atoms with E-state index in [4.69, 9.17) is 5.11 Å². The van der Waals surface area contributed by atoms with Gasteiger partial charge in [-0.15, -0.1) is 0 Å². The van der Waals surface area contributed by atoms with Crippen molar-refractivity contribution in [3.05, 3.63) is 34.3 Å². The first kappa shape index (κ1) is 14.7. The lowest BCUT2D eigenvalue weighted by Gasteiger charge is -2.19. The lowest BCUT2D eigenvalue weighted by molar-refractivity contribution is 0.249. The quantitative estimate of drug-likeness (QED) is 0.807. The Morgan fingerprint density at radius 3 is 2.76 bits per heavy atom. The minimum atomic E-state index is 0.283. The van der Waals surface area contributed by atoms with Gasteiger partial charge in [0.05, 0.1) is 0 Å². The van der Waals surface area contributed by atoms with E-state index in [1.807, 2.05) is 6.07 Å². The van der Waals surface area contributed by atoms with Crippen LogP contribution in [0.1, 0.15) is 38.3 Å². The summed E-state index contributed by atoms with van der Waals surface area (Å²) in [6.45, 7) is 5.59. The molecule has 3 heteroatoms. The Labute approximate surface area is 113 Å². The number of halogens is 1. The minimum Gasteiger partial charge on any atom is -0.396 e. The second-order valence-corrected chi connectivity index (χ2v) is 5.39. The fraction of sp³-hybridized carbons (Fsp3) is 0.571. The smallest absolute Gasteiger partial charge is 0.0434 e. The van der Waals surface area contributed by atoms with Crippen LogP contribution in [0.15, 0.2) is 28.7 Å². The van der Waals surface area contributed by atoms with Crippen LogP contribution in [0.5, 0.6) is 0 Å². The van der Waals surface area contributed by atoms with E-state index >= 15 is 0 Å². The van der Waals surface area contributed by atoms with Gasteiger partial charge in [0.15, 0.2) is 0 Å². The average Bonchev–Trinajstić information content (AvgIpc) is 2.34. The third-order valence-corrected chi connectivity index (χ3v) is 3.67. The van der Waals surface area contributed by atoms with E-state index in [1.54, 1.807) is 0 Å². The van der Waals surface area contributed by atoms with Gasteiger partial charge in [-0.3, -0.25) is 0 Å². The zero-order valence-electron chi connectivity index (χ0n) is 10.6. The molecule has 2 N–H and O–H groups in total. The van der Waals surface area contributed by atoms with Crippen molar-refractivity contribution in [1.82, 2.24) is 5.32 Å². The Morgan fingerprint density at radius 2 is 2.18 bits per heavy atom. The summed E-state index contributed by atoms with van der Waals surface area (Å²) in [5, 5.41) is 12.5. The molecule has 0 radical (unpaired) electrons. The molecule has 96 valence electrons. The summed E-state index contributed by atoms with van der Waals surface area (Å²) in [6, 6.07) is 8.72. The third-order valence-electron chi connectivity index (χ3n) is 3.18. The molecule has 0 aliphatic heterocycles. The monoisotopic (exact) mass is 299 g/mol. The highest BCUT2D eigenvalue weighted by molar-refractivity contribution is 9.10. The van der Waals surface area contributed by atoms with Gasteiger partial charge in [0.1, 0.15) is 0 Å². The lowest BCUT2D eigenvalue weighted by Crippen LogP contribution is -2.26. The van der Waals surface area contributed by atoms with E-state index in [0.29, 0.717) is 12.0 Å². The number of rotatable bonds is 7. The molecule has 1 aromatic carbocycles. The van der Waals surface area contributed by atoms with Gasteiger partial charge in [0.2, 0.25) is 0 Å². The molecule has 0 fully saturated rings. The van der Waals surface area contributed by atoms with Crippen molar-refractivity contribution in [3.63, 3.8) is 0 Å². The van der Waals surface area contributed by atoms with E-state index in [0.717, 1.165) is 23.9 Å². The maximum absolute atomic E-state index is 8.95. The van der Waals surface area contributed by atoms with Crippen molar-refractivity contribution in [2.75, 3.05) is 13.2 Å². The highest BCUT2D eigenvalue weighted by Crippen LogP contribution is 2.18. The van der Waals surface area contributed by atoms with Gasteiger partial charge in [-0.25, -0.2) is 0 Å². The zero-order chi connectivity index (χ0) is 12.7. The first-order chi connectivity index (χ1) is 8.17.